The molecule has 1 aliphatic heterocycles. The van der Waals surface area contributed by atoms with Gasteiger partial charge in [0.05, 0.1) is 5.30 Å². The van der Waals surface area contributed by atoms with Gasteiger partial charge >= 0.3 is 0 Å². The summed E-state index contributed by atoms with van der Waals surface area (Å²) in [6.07, 6.45) is 0. The van der Waals surface area contributed by atoms with Crippen molar-refractivity contribution in [3.05, 3.63) is 138 Å². The Balaban J connectivity index is 1.81. The first kappa shape index (κ1) is 23.9. The Morgan fingerprint density at radius 1 is 0.684 bits per heavy atom. The second kappa shape index (κ2) is 8.83. The number of rotatable bonds is 4. The molecule has 0 fully saturated rings. The number of phenolic OH excluding ortho intramolecular Hbond substituents is 2. The second-order valence-electron chi connectivity index (χ2n) is 9.53. The number of aryl methyl sites for hydroxylation is 1. The molecule has 1 heterocycles. The molecule has 0 spiro atoms. The van der Waals surface area contributed by atoms with Crippen LogP contribution in [0.3, 0.4) is 0 Å². The SMILES string of the molecule is Cc1cc(C(c2ccc(O)cc2)(c2ccc(O)cc2)P2(=O)Oc3ccccc3-c3ccccc32)ccc1N. The molecule has 0 saturated heterocycles. The van der Waals surface area contributed by atoms with Crippen LogP contribution in [0.4, 0.5) is 5.69 Å². The summed E-state index contributed by atoms with van der Waals surface area (Å²) in [7, 11) is -3.91. The van der Waals surface area contributed by atoms with Crippen molar-refractivity contribution in [1.82, 2.24) is 0 Å². The Labute approximate surface area is 221 Å². The normalized spacial score (nSPS) is 16.2. The highest BCUT2D eigenvalue weighted by Gasteiger charge is 2.58. The lowest BCUT2D eigenvalue weighted by atomic mass is 9.83. The fraction of sp³-hybridized carbons (Fsp3) is 0.0625. The molecule has 6 rings (SSSR count). The molecule has 0 radical (unpaired) electrons. The Kier molecular flexibility index (Phi) is 5.55. The van der Waals surface area contributed by atoms with Gasteiger partial charge in [0.2, 0.25) is 0 Å². The predicted molar refractivity (Wildman–Crippen MR) is 151 cm³/mol. The van der Waals surface area contributed by atoms with Crippen LogP contribution in [-0.2, 0) is 9.72 Å². The van der Waals surface area contributed by atoms with E-state index in [1.807, 2.05) is 73.7 Å². The van der Waals surface area contributed by atoms with Crippen LogP contribution in [0.15, 0.2) is 115 Å². The lowest BCUT2D eigenvalue weighted by molar-refractivity contribution is 0.464. The van der Waals surface area contributed by atoms with Crippen molar-refractivity contribution in [1.29, 1.82) is 0 Å². The van der Waals surface area contributed by atoms with Gasteiger partial charge in [-0.15, -0.1) is 0 Å². The maximum absolute atomic E-state index is 16.0. The van der Waals surface area contributed by atoms with Gasteiger partial charge in [-0.25, -0.2) is 0 Å². The maximum atomic E-state index is 16.0. The van der Waals surface area contributed by atoms with Gasteiger partial charge in [0.15, 0.2) is 0 Å². The van der Waals surface area contributed by atoms with E-state index in [1.54, 1.807) is 48.5 Å². The summed E-state index contributed by atoms with van der Waals surface area (Å²) in [6.45, 7) is 1.91. The smallest absolute Gasteiger partial charge is 0.296 e. The molecule has 0 saturated carbocycles. The van der Waals surface area contributed by atoms with Gasteiger partial charge in [0.25, 0.3) is 7.37 Å². The molecule has 38 heavy (non-hydrogen) atoms. The molecule has 0 amide bonds. The minimum absolute atomic E-state index is 0.0930. The molecule has 1 aliphatic rings. The summed E-state index contributed by atoms with van der Waals surface area (Å²) >= 11 is 0. The van der Waals surface area contributed by atoms with Gasteiger partial charge < -0.3 is 20.5 Å². The van der Waals surface area contributed by atoms with E-state index in [9.17, 15) is 10.2 Å². The van der Waals surface area contributed by atoms with Gasteiger partial charge in [-0.3, -0.25) is 4.57 Å². The van der Waals surface area contributed by atoms with E-state index in [0.717, 1.165) is 22.3 Å². The van der Waals surface area contributed by atoms with Crippen LogP contribution in [0.1, 0.15) is 22.3 Å². The van der Waals surface area contributed by atoms with Crippen molar-refractivity contribution in [3.63, 3.8) is 0 Å². The standard InChI is InChI=1S/C32H26NO4P/c1-21-20-24(14-19-29(21)33)32(22-10-15-25(34)16-11-22,23-12-17-26(35)18-13-23)38(36)31-9-5-3-7-28(31)27-6-2-4-8-30(27)37-38/h2-20,34-35H,33H2,1H3. The number of nitrogen functional groups attached to an aromatic ring is 1. The van der Waals surface area contributed by atoms with Crippen LogP contribution in [0.2, 0.25) is 0 Å². The van der Waals surface area contributed by atoms with Crippen LogP contribution in [-0.4, -0.2) is 10.2 Å². The zero-order valence-electron chi connectivity index (χ0n) is 20.7. The van der Waals surface area contributed by atoms with Crippen LogP contribution >= 0.6 is 7.37 Å². The van der Waals surface area contributed by atoms with Crippen LogP contribution < -0.4 is 15.6 Å². The van der Waals surface area contributed by atoms with E-state index >= 15 is 4.57 Å². The van der Waals surface area contributed by atoms with Gasteiger partial charge in [-0.05, 0) is 77.2 Å². The molecule has 0 bridgehead atoms. The number of fused-ring (bicyclic) bond motifs is 3. The topological polar surface area (TPSA) is 92.8 Å². The van der Waals surface area contributed by atoms with Crippen molar-refractivity contribution in [3.8, 4) is 28.4 Å². The summed E-state index contributed by atoms with van der Waals surface area (Å²) in [5.41, 5.74) is 11.5. The number of para-hydroxylation sites is 1. The highest BCUT2D eigenvalue weighted by Crippen LogP contribution is 2.71. The van der Waals surface area contributed by atoms with Crippen molar-refractivity contribution < 1.29 is 19.3 Å². The molecular weight excluding hydrogens is 493 g/mol. The molecule has 0 aliphatic carbocycles. The third-order valence-corrected chi connectivity index (χ3v) is 10.5. The molecule has 1 unspecified atom stereocenters. The average molecular weight is 520 g/mol. The molecule has 4 N–H and O–H groups in total. The fourth-order valence-electron chi connectivity index (χ4n) is 5.48. The zero-order chi connectivity index (χ0) is 26.5. The van der Waals surface area contributed by atoms with E-state index < -0.39 is 12.5 Å². The summed E-state index contributed by atoms with van der Waals surface area (Å²) < 4.78 is 22.7. The Bertz CT molecular complexity index is 1670. The molecule has 1 atom stereocenters. The molecule has 6 heteroatoms. The fourth-order valence-corrected chi connectivity index (χ4v) is 8.76. The highest BCUT2D eigenvalue weighted by atomic mass is 31.2. The molecule has 188 valence electrons. The van der Waals surface area contributed by atoms with Crippen molar-refractivity contribution in [2.75, 3.05) is 5.73 Å². The minimum Gasteiger partial charge on any atom is -0.508 e. The molecule has 5 aromatic rings. The van der Waals surface area contributed by atoms with Gasteiger partial charge in [-0.2, -0.15) is 0 Å². The monoisotopic (exact) mass is 519 g/mol. The van der Waals surface area contributed by atoms with Gasteiger partial charge in [0, 0.05) is 11.3 Å². The zero-order valence-corrected chi connectivity index (χ0v) is 21.6. The summed E-state index contributed by atoms with van der Waals surface area (Å²) in [6, 6.07) is 34.4. The number of nitrogens with two attached hydrogens (primary N) is 1. The van der Waals surface area contributed by atoms with Crippen molar-refractivity contribution in [2.24, 2.45) is 0 Å². The number of phenols is 2. The molecule has 5 aromatic carbocycles. The quantitative estimate of drug-likeness (QED) is 0.136. The first-order valence-corrected chi connectivity index (χ1v) is 13.9. The summed E-state index contributed by atoms with van der Waals surface area (Å²) in [4.78, 5) is 0. The van der Waals surface area contributed by atoms with Crippen molar-refractivity contribution in [2.45, 2.75) is 12.1 Å². The van der Waals surface area contributed by atoms with E-state index in [-0.39, 0.29) is 11.5 Å². The first-order chi connectivity index (χ1) is 18.3. The average Bonchev–Trinajstić information content (AvgIpc) is 2.93. The second-order valence-corrected chi connectivity index (χ2v) is 12.0. The lowest BCUT2D eigenvalue weighted by Crippen LogP contribution is -2.38. The Hall–Kier alpha value is -4.47. The van der Waals surface area contributed by atoms with Crippen LogP contribution in [0.5, 0.6) is 17.2 Å². The summed E-state index contributed by atoms with van der Waals surface area (Å²) in [5, 5.41) is 19.6. The molecular formula is C32H26NO4P. The van der Waals surface area contributed by atoms with E-state index in [4.69, 9.17) is 10.3 Å². The van der Waals surface area contributed by atoms with Crippen molar-refractivity contribution >= 4 is 18.4 Å². The molecule has 5 nitrogen and oxygen atoms in total. The van der Waals surface area contributed by atoms with E-state index in [2.05, 4.69) is 0 Å². The maximum Gasteiger partial charge on any atom is 0.296 e. The van der Waals surface area contributed by atoms with Crippen LogP contribution in [0, 0.1) is 6.92 Å². The third kappa shape index (κ3) is 3.43. The third-order valence-electron chi connectivity index (χ3n) is 7.32. The van der Waals surface area contributed by atoms with E-state index in [1.165, 1.54) is 0 Å². The van der Waals surface area contributed by atoms with Gasteiger partial charge in [-0.1, -0.05) is 72.8 Å². The predicted octanol–water partition coefficient (Wildman–Crippen LogP) is 6.94. The number of hydrogen-bond donors (Lipinski definition) is 3. The lowest BCUT2D eigenvalue weighted by Gasteiger charge is -2.44. The minimum atomic E-state index is -3.91. The largest absolute Gasteiger partial charge is 0.508 e. The highest BCUT2D eigenvalue weighted by molar-refractivity contribution is 7.69. The number of hydrogen-bond acceptors (Lipinski definition) is 5. The Morgan fingerprint density at radius 3 is 1.82 bits per heavy atom. The van der Waals surface area contributed by atoms with Gasteiger partial charge in [0.1, 0.15) is 22.4 Å². The number of anilines is 1. The van der Waals surface area contributed by atoms with Crippen LogP contribution in [0.25, 0.3) is 11.1 Å². The number of benzene rings is 5. The molecule has 0 aromatic heterocycles. The summed E-state index contributed by atoms with van der Waals surface area (Å²) in [5.74, 6) is 0.717. The number of aromatic hydroxyl groups is 2. The Morgan fingerprint density at radius 2 is 1.21 bits per heavy atom. The first-order valence-electron chi connectivity index (χ1n) is 12.3. The van der Waals surface area contributed by atoms with E-state index in [0.29, 0.717) is 27.9 Å².